The number of benzene rings is 2. The summed E-state index contributed by atoms with van der Waals surface area (Å²) in [5, 5.41) is 4.06. The van der Waals surface area contributed by atoms with E-state index in [4.69, 9.17) is 9.26 Å². The summed E-state index contributed by atoms with van der Waals surface area (Å²) in [5.41, 5.74) is 2.57. The Hall–Kier alpha value is -3.41. The van der Waals surface area contributed by atoms with Crippen molar-refractivity contribution in [3.05, 3.63) is 60.0 Å². The monoisotopic (exact) mass is 361 g/mol. The minimum Gasteiger partial charge on any atom is -0.482 e. The van der Waals surface area contributed by atoms with Gasteiger partial charge in [-0.05, 0) is 36.3 Å². The summed E-state index contributed by atoms with van der Waals surface area (Å²) in [6.07, 6.45) is 4.56. The third kappa shape index (κ3) is 3.60. The fraction of sp³-hybridized carbons (Fsp3) is 0.190. The molecule has 6 heteroatoms. The summed E-state index contributed by atoms with van der Waals surface area (Å²) in [6, 6.07) is 15.5. The first-order chi connectivity index (χ1) is 13.2. The number of hydrogen-bond donors (Lipinski definition) is 0. The minimum absolute atomic E-state index is 0.0407. The quantitative estimate of drug-likeness (QED) is 0.686. The maximum atomic E-state index is 12.2. The lowest BCUT2D eigenvalue weighted by atomic mass is 10.1. The molecule has 6 nitrogen and oxygen atoms in total. The molecule has 3 aromatic rings. The van der Waals surface area contributed by atoms with Crippen LogP contribution in [0.2, 0.25) is 0 Å². The molecule has 0 saturated heterocycles. The van der Waals surface area contributed by atoms with Gasteiger partial charge < -0.3 is 14.2 Å². The molecule has 27 heavy (non-hydrogen) atoms. The van der Waals surface area contributed by atoms with Crippen LogP contribution >= 0.6 is 0 Å². The van der Waals surface area contributed by atoms with E-state index in [9.17, 15) is 4.79 Å². The average Bonchev–Trinajstić information content (AvgIpc) is 3.18. The Labute approximate surface area is 157 Å². The van der Waals surface area contributed by atoms with Crippen LogP contribution in [0.3, 0.4) is 0 Å². The van der Waals surface area contributed by atoms with Crippen LogP contribution in [-0.4, -0.2) is 29.2 Å². The zero-order valence-electron chi connectivity index (χ0n) is 15.0. The van der Waals surface area contributed by atoms with Crippen molar-refractivity contribution in [2.24, 2.45) is 0 Å². The lowest BCUT2D eigenvalue weighted by molar-refractivity contribution is -0.121. The van der Waals surface area contributed by atoms with Gasteiger partial charge >= 0.3 is 0 Å². The summed E-state index contributed by atoms with van der Waals surface area (Å²) < 4.78 is 10.8. The van der Waals surface area contributed by atoms with Gasteiger partial charge in [0.15, 0.2) is 6.61 Å². The Balaban J connectivity index is 1.60. The highest BCUT2D eigenvalue weighted by atomic mass is 16.5. The number of carbonyl (C=O) groups is 1. The third-order valence-corrected chi connectivity index (χ3v) is 4.27. The van der Waals surface area contributed by atoms with Gasteiger partial charge in [-0.15, -0.1) is 0 Å². The highest BCUT2D eigenvalue weighted by Crippen LogP contribution is 2.35. The summed E-state index contributed by atoms with van der Waals surface area (Å²) in [7, 11) is 0. The lowest BCUT2D eigenvalue weighted by Crippen LogP contribution is -2.39. The van der Waals surface area contributed by atoms with Gasteiger partial charge in [0.25, 0.3) is 11.8 Å². The molecule has 2 aromatic carbocycles. The molecule has 4 rings (SSSR count). The molecule has 0 N–H and O–H groups in total. The predicted molar refractivity (Wildman–Crippen MR) is 103 cm³/mol. The van der Waals surface area contributed by atoms with Gasteiger partial charge in [0.2, 0.25) is 5.82 Å². The molecule has 2 heterocycles. The van der Waals surface area contributed by atoms with Crippen molar-refractivity contribution in [2.75, 3.05) is 18.1 Å². The lowest BCUT2D eigenvalue weighted by Gasteiger charge is -2.29. The fourth-order valence-electron chi connectivity index (χ4n) is 2.96. The number of fused-ring (bicyclic) bond motifs is 1. The predicted octanol–water partition coefficient (Wildman–Crippen LogP) is 4.04. The van der Waals surface area contributed by atoms with Crippen molar-refractivity contribution >= 4 is 23.7 Å². The molecule has 136 valence electrons. The van der Waals surface area contributed by atoms with E-state index in [1.54, 1.807) is 11.0 Å². The molecule has 0 fully saturated rings. The average molecular weight is 361 g/mol. The van der Waals surface area contributed by atoms with Crippen LogP contribution in [-0.2, 0) is 4.79 Å². The second-order valence-corrected chi connectivity index (χ2v) is 6.22. The van der Waals surface area contributed by atoms with Crippen LogP contribution < -0.4 is 9.64 Å². The topological polar surface area (TPSA) is 68.5 Å². The first-order valence-electron chi connectivity index (χ1n) is 8.89. The summed E-state index contributed by atoms with van der Waals surface area (Å²) in [4.78, 5) is 18.3. The molecule has 1 aromatic heterocycles. The third-order valence-electron chi connectivity index (χ3n) is 4.27. The Bertz CT molecular complexity index is 979. The van der Waals surface area contributed by atoms with Gasteiger partial charge in [-0.25, -0.2) is 0 Å². The smallest absolute Gasteiger partial charge is 0.265 e. The van der Waals surface area contributed by atoms with E-state index in [0.29, 0.717) is 24.0 Å². The fourth-order valence-corrected chi connectivity index (χ4v) is 2.96. The van der Waals surface area contributed by atoms with E-state index in [1.165, 1.54) is 0 Å². The molecule has 1 amide bonds. The molecule has 0 aliphatic carbocycles. The van der Waals surface area contributed by atoms with E-state index in [1.807, 2.05) is 61.5 Å². The SMILES string of the molecule is CCCN1C(=O)COc2ccc(-c3noc(C=Cc4ccccc4)n3)cc21. The Morgan fingerprint density at radius 3 is 2.81 bits per heavy atom. The van der Waals surface area contributed by atoms with Crippen LogP contribution in [0.5, 0.6) is 5.75 Å². The standard InChI is InChI=1S/C21H19N3O3/c1-2-12-24-17-13-16(9-10-18(17)26-14-20(24)25)21-22-19(27-23-21)11-8-15-6-4-3-5-7-15/h3-11,13H,2,12,14H2,1H3. The molecule has 0 saturated carbocycles. The molecular formula is C21H19N3O3. The van der Waals surface area contributed by atoms with Crippen molar-refractivity contribution < 1.29 is 14.1 Å². The van der Waals surface area contributed by atoms with Gasteiger partial charge in [-0.1, -0.05) is 42.4 Å². The number of rotatable bonds is 5. The van der Waals surface area contributed by atoms with Crippen LogP contribution in [0.1, 0.15) is 24.8 Å². The van der Waals surface area contributed by atoms with Crippen molar-refractivity contribution in [1.82, 2.24) is 10.1 Å². The molecule has 0 bridgehead atoms. The summed E-state index contributed by atoms with van der Waals surface area (Å²) in [5.74, 6) is 1.55. The van der Waals surface area contributed by atoms with Gasteiger partial charge in [0.1, 0.15) is 5.75 Å². The summed E-state index contributed by atoms with van der Waals surface area (Å²) in [6.45, 7) is 2.76. The zero-order chi connectivity index (χ0) is 18.6. The largest absolute Gasteiger partial charge is 0.482 e. The van der Waals surface area contributed by atoms with Crippen LogP contribution in [0.15, 0.2) is 53.1 Å². The minimum atomic E-state index is -0.0407. The second kappa shape index (κ2) is 7.45. The first-order valence-corrected chi connectivity index (χ1v) is 8.89. The van der Waals surface area contributed by atoms with Crippen LogP contribution in [0.25, 0.3) is 23.5 Å². The zero-order valence-corrected chi connectivity index (χ0v) is 15.0. The van der Waals surface area contributed by atoms with Crippen molar-refractivity contribution in [2.45, 2.75) is 13.3 Å². The number of amides is 1. The highest BCUT2D eigenvalue weighted by Gasteiger charge is 2.25. The number of carbonyl (C=O) groups excluding carboxylic acids is 1. The van der Waals surface area contributed by atoms with E-state index in [2.05, 4.69) is 10.1 Å². The maximum absolute atomic E-state index is 12.2. The molecule has 0 spiro atoms. The van der Waals surface area contributed by atoms with Crippen LogP contribution in [0, 0.1) is 0 Å². The second-order valence-electron chi connectivity index (χ2n) is 6.22. The van der Waals surface area contributed by atoms with Crippen molar-refractivity contribution in [3.8, 4) is 17.1 Å². The molecule has 1 aliphatic rings. The van der Waals surface area contributed by atoms with E-state index < -0.39 is 0 Å². The number of nitrogens with zero attached hydrogens (tertiary/aromatic N) is 3. The molecule has 0 radical (unpaired) electrons. The molecular weight excluding hydrogens is 342 g/mol. The first kappa shape index (κ1) is 17.0. The van der Waals surface area contributed by atoms with Gasteiger partial charge in [-0.3, -0.25) is 4.79 Å². The van der Waals surface area contributed by atoms with E-state index in [0.717, 1.165) is 23.2 Å². The maximum Gasteiger partial charge on any atom is 0.265 e. The highest BCUT2D eigenvalue weighted by molar-refractivity contribution is 5.98. The molecule has 0 atom stereocenters. The summed E-state index contributed by atoms with van der Waals surface area (Å²) >= 11 is 0. The number of hydrogen-bond acceptors (Lipinski definition) is 5. The van der Waals surface area contributed by atoms with Gasteiger partial charge in [0, 0.05) is 18.2 Å². The van der Waals surface area contributed by atoms with E-state index in [-0.39, 0.29) is 12.5 Å². The number of aromatic nitrogens is 2. The normalized spacial score (nSPS) is 13.7. The number of ether oxygens (including phenoxy) is 1. The van der Waals surface area contributed by atoms with Crippen LogP contribution in [0.4, 0.5) is 5.69 Å². The Morgan fingerprint density at radius 2 is 2.00 bits per heavy atom. The van der Waals surface area contributed by atoms with Crippen molar-refractivity contribution in [3.63, 3.8) is 0 Å². The Kier molecular flexibility index (Phi) is 4.70. The van der Waals surface area contributed by atoms with E-state index >= 15 is 0 Å². The van der Waals surface area contributed by atoms with Gasteiger partial charge in [-0.2, -0.15) is 4.98 Å². The molecule has 1 aliphatic heterocycles. The van der Waals surface area contributed by atoms with Gasteiger partial charge in [0.05, 0.1) is 5.69 Å². The Morgan fingerprint density at radius 1 is 1.15 bits per heavy atom. The molecule has 0 unspecified atom stereocenters. The number of anilines is 1. The van der Waals surface area contributed by atoms with Crippen molar-refractivity contribution in [1.29, 1.82) is 0 Å².